The number of hydrogen-bond acceptors (Lipinski definition) is 3. The van der Waals surface area contributed by atoms with Gasteiger partial charge in [-0.2, -0.15) is 0 Å². The molecule has 0 aliphatic rings. The maximum atomic E-state index is 11.9. The molecule has 0 atom stereocenters. The van der Waals surface area contributed by atoms with Crippen LogP contribution in [-0.4, -0.2) is 23.7 Å². The summed E-state index contributed by atoms with van der Waals surface area (Å²) in [4.78, 5) is 22.2. The third-order valence-electron chi connectivity index (χ3n) is 12.2. The van der Waals surface area contributed by atoms with Crippen LogP contribution in [0.4, 0.5) is 0 Å². The summed E-state index contributed by atoms with van der Waals surface area (Å²) in [5.74, 6) is 0.248. The van der Waals surface area contributed by atoms with Crippen molar-refractivity contribution in [1.29, 1.82) is 0 Å². The quantitative estimate of drug-likeness (QED) is 0.0490. The Labute approximate surface area is 365 Å². The van der Waals surface area contributed by atoms with E-state index in [9.17, 15) is 9.59 Å². The van der Waals surface area contributed by atoms with Crippen LogP contribution in [0.2, 0.25) is 0 Å². The van der Waals surface area contributed by atoms with Crippen molar-refractivity contribution in [3.05, 3.63) is 0 Å². The molecule has 1 N–H and O–H groups in total. The number of rotatable bonds is 48. The van der Waals surface area contributed by atoms with Crippen LogP contribution in [0.1, 0.15) is 323 Å². The van der Waals surface area contributed by atoms with Gasteiger partial charge in [-0.15, -0.1) is 0 Å². The molecule has 0 rings (SSSR count). The lowest BCUT2D eigenvalue weighted by atomic mass is 10.0. The van der Waals surface area contributed by atoms with E-state index in [1.165, 1.54) is 257 Å². The molecule has 348 valence electrons. The minimum atomic E-state index is -0.653. The molecule has 0 aromatic carbocycles. The highest BCUT2D eigenvalue weighted by molar-refractivity contribution is 5.69. The van der Waals surface area contributed by atoms with Crippen LogP contribution < -0.4 is 0 Å². The summed E-state index contributed by atoms with van der Waals surface area (Å²) in [6.07, 6.45) is 60.4. The second kappa shape index (κ2) is 54.0. The van der Waals surface area contributed by atoms with Crippen LogP contribution in [-0.2, 0) is 14.3 Å². The molecule has 0 saturated carbocycles. The number of carbonyl (C=O) groups excluding carboxylic acids is 1. The molecule has 0 bridgehead atoms. The molecule has 0 aliphatic heterocycles. The van der Waals surface area contributed by atoms with Crippen LogP contribution in [0.25, 0.3) is 0 Å². The summed E-state index contributed by atoms with van der Waals surface area (Å²) < 4.78 is 5.44. The molecule has 0 heterocycles. The summed E-state index contributed by atoms with van der Waals surface area (Å²) in [6.45, 7) is 9.85. The Kier molecular flexibility index (Phi) is 54.9. The van der Waals surface area contributed by atoms with Gasteiger partial charge in [-0.25, -0.2) is 0 Å². The Morgan fingerprint density at radius 1 is 0.345 bits per heavy atom. The number of ether oxygens (including phenoxy) is 1. The first-order valence-corrected chi connectivity index (χ1v) is 26.8. The molecule has 0 saturated heterocycles. The van der Waals surface area contributed by atoms with E-state index in [4.69, 9.17) is 9.84 Å². The van der Waals surface area contributed by atoms with Crippen LogP contribution in [0, 0.1) is 5.92 Å². The van der Waals surface area contributed by atoms with Gasteiger partial charge in [0.05, 0.1) is 6.61 Å². The lowest BCUT2D eigenvalue weighted by Crippen LogP contribution is -2.05. The van der Waals surface area contributed by atoms with Gasteiger partial charge >= 0.3 is 11.9 Å². The average molecular weight is 821 g/mol. The predicted molar refractivity (Wildman–Crippen MR) is 257 cm³/mol. The maximum Gasteiger partial charge on any atom is 0.305 e. The highest BCUT2D eigenvalue weighted by Crippen LogP contribution is 2.17. The van der Waals surface area contributed by atoms with Gasteiger partial charge in [0.25, 0.3) is 0 Å². The lowest BCUT2D eigenvalue weighted by molar-refractivity contribution is -0.144. The first-order valence-electron chi connectivity index (χ1n) is 26.8. The van der Waals surface area contributed by atoms with Gasteiger partial charge in [0.2, 0.25) is 0 Å². The first kappa shape index (κ1) is 59.0. The molecule has 58 heavy (non-hydrogen) atoms. The number of aliphatic carboxylic acids is 1. The Hall–Kier alpha value is -1.06. The van der Waals surface area contributed by atoms with Crippen LogP contribution in [0.3, 0.4) is 0 Å². The van der Waals surface area contributed by atoms with Crippen LogP contribution >= 0.6 is 0 Å². The SMILES string of the molecule is CCCCCCCCCCCCCCCCCC(=O)O.CCCCCCCCCCCCCCCCCC(=O)OCCCCCCCCCCCCCCCC(C)C. The number of hydrogen-bond donors (Lipinski definition) is 1. The standard InChI is InChI=1S/C36H72O2.C18H36O2/c1-4-5-6-7-8-9-10-11-12-15-18-21-24-27-30-33-36(37)38-34-31-28-25-22-19-16-13-14-17-20-23-26-29-32-35(2)3;1-2-3-4-5-6-7-8-9-10-11-12-13-14-15-16-17-18(19)20/h35H,4-34H2,1-3H3;2-17H2,1H3,(H,19,20). The van der Waals surface area contributed by atoms with E-state index in [-0.39, 0.29) is 5.97 Å². The van der Waals surface area contributed by atoms with Crippen LogP contribution in [0.15, 0.2) is 0 Å². The van der Waals surface area contributed by atoms with Gasteiger partial charge in [0.15, 0.2) is 0 Å². The smallest absolute Gasteiger partial charge is 0.305 e. The van der Waals surface area contributed by atoms with E-state index >= 15 is 0 Å². The van der Waals surface area contributed by atoms with Crippen molar-refractivity contribution in [2.75, 3.05) is 6.61 Å². The number of carboxylic acid groups (broad SMARTS) is 1. The average Bonchev–Trinajstić information content (AvgIpc) is 3.20. The van der Waals surface area contributed by atoms with Gasteiger partial charge in [-0.05, 0) is 25.2 Å². The zero-order chi connectivity index (χ0) is 42.7. The normalized spacial score (nSPS) is 11.3. The topological polar surface area (TPSA) is 63.6 Å². The highest BCUT2D eigenvalue weighted by Gasteiger charge is 2.03. The number of esters is 1. The number of carbonyl (C=O) groups is 2. The van der Waals surface area contributed by atoms with E-state index < -0.39 is 5.97 Å². The molecule has 4 nitrogen and oxygen atoms in total. The Morgan fingerprint density at radius 3 is 0.862 bits per heavy atom. The Bertz CT molecular complexity index is 764. The molecular weight excluding hydrogens is 713 g/mol. The zero-order valence-electron chi connectivity index (χ0n) is 40.5. The summed E-state index contributed by atoms with van der Waals surface area (Å²) in [6, 6.07) is 0. The third-order valence-corrected chi connectivity index (χ3v) is 12.2. The number of carboxylic acids is 1. The fraction of sp³-hybridized carbons (Fsp3) is 0.963. The number of unbranched alkanes of at least 4 members (excludes halogenated alkanes) is 40. The van der Waals surface area contributed by atoms with Gasteiger partial charge in [-0.1, -0.05) is 291 Å². The molecule has 0 fully saturated rings. The van der Waals surface area contributed by atoms with Crippen molar-refractivity contribution >= 4 is 11.9 Å². The lowest BCUT2D eigenvalue weighted by Gasteiger charge is -2.06. The van der Waals surface area contributed by atoms with E-state index in [1.54, 1.807) is 0 Å². The van der Waals surface area contributed by atoms with E-state index in [2.05, 4.69) is 27.7 Å². The van der Waals surface area contributed by atoms with E-state index in [1.807, 2.05) is 0 Å². The summed E-state index contributed by atoms with van der Waals surface area (Å²) >= 11 is 0. The molecule has 4 heteroatoms. The molecule has 0 amide bonds. The van der Waals surface area contributed by atoms with Gasteiger partial charge in [0, 0.05) is 12.8 Å². The largest absolute Gasteiger partial charge is 0.481 e. The van der Waals surface area contributed by atoms with Crippen LogP contribution in [0.5, 0.6) is 0 Å². The zero-order valence-corrected chi connectivity index (χ0v) is 40.5. The third kappa shape index (κ3) is 59.3. The van der Waals surface area contributed by atoms with Crippen molar-refractivity contribution in [3.8, 4) is 0 Å². The maximum absolute atomic E-state index is 11.9. The molecule has 0 aromatic rings. The Balaban J connectivity index is 0. The minimum absolute atomic E-state index is 0.0274. The van der Waals surface area contributed by atoms with Gasteiger partial charge in [0.1, 0.15) is 0 Å². The predicted octanol–water partition coefficient (Wildman–Crippen LogP) is 19.2. The fourth-order valence-electron chi connectivity index (χ4n) is 8.15. The summed E-state index contributed by atoms with van der Waals surface area (Å²) in [5.41, 5.74) is 0. The molecule has 0 aliphatic carbocycles. The van der Waals surface area contributed by atoms with Gasteiger partial charge in [-0.3, -0.25) is 9.59 Å². The first-order chi connectivity index (χ1) is 28.4. The van der Waals surface area contributed by atoms with Crippen molar-refractivity contribution in [2.24, 2.45) is 5.92 Å². The second-order valence-electron chi connectivity index (χ2n) is 18.8. The second-order valence-corrected chi connectivity index (χ2v) is 18.8. The monoisotopic (exact) mass is 821 g/mol. The van der Waals surface area contributed by atoms with Crippen molar-refractivity contribution in [1.82, 2.24) is 0 Å². The molecule has 0 aromatic heterocycles. The summed E-state index contributed by atoms with van der Waals surface area (Å²) in [5, 5.41) is 8.52. The highest BCUT2D eigenvalue weighted by atomic mass is 16.5. The fourth-order valence-corrected chi connectivity index (χ4v) is 8.15. The molecule has 0 spiro atoms. The van der Waals surface area contributed by atoms with Crippen molar-refractivity contribution in [3.63, 3.8) is 0 Å². The van der Waals surface area contributed by atoms with Gasteiger partial charge < -0.3 is 9.84 Å². The Morgan fingerprint density at radius 2 is 0.586 bits per heavy atom. The summed E-state index contributed by atoms with van der Waals surface area (Å²) in [7, 11) is 0. The van der Waals surface area contributed by atoms with Crippen molar-refractivity contribution < 1.29 is 19.4 Å². The minimum Gasteiger partial charge on any atom is -0.481 e. The van der Waals surface area contributed by atoms with Crippen molar-refractivity contribution in [2.45, 2.75) is 323 Å². The van der Waals surface area contributed by atoms with E-state index in [0.29, 0.717) is 19.4 Å². The van der Waals surface area contributed by atoms with E-state index in [0.717, 1.165) is 31.6 Å². The molecular formula is C54H108O4. The molecule has 0 unspecified atom stereocenters. The molecule has 0 radical (unpaired) electrons.